The van der Waals surface area contributed by atoms with Crippen LogP contribution < -0.4 is 10.6 Å². The number of nitrogens with one attached hydrogen (secondary N) is 2. The van der Waals surface area contributed by atoms with Crippen molar-refractivity contribution in [3.63, 3.8) is 0 Å². The number of likely N-dealkylation sites (tertiary alicyclic amines) is 2. The Bertz CT molecular complexity index is 1700. The van der Waals surface area contributed by atoms with Gasteiger partial charge in [0.05, 0.1) is 23.8 Å². The Balaban J connectivity index is 0.951. The van der Waals surface area contributed by atoms with Gasteiger partial charge < -0.3 is 20.4 Å². The van der Waals surface area contributed by atoms with Crippen molar-refractivity contribution < 1.29 is 9.59 Å². The van der Waals surface area contributed by atoms with Gasteiger partial charge in [0.25, 0.3) is 0 Å². The number of carbonyl (C=O) groups is 2. The summed E-state index contributed by atoms with van der Waals surface area (Å²) in [6.07, 6.45) is 9.65. The zero-order chi connectivity index (χ0) is 32.7. The maximum atomic E-state index is 12.4. The highest BCUT2D eigenvalue weighted by atomic mass is 16.2. The van der Waals surface area contributed by atoms with Crippen LogP contribution in [0.5, 0.6) is 0 Å². The maximum absolute atomic E-state index is 12.4. The van der Waals surface area contributed by atoms with Gasteiger partial charge in [-0.2, -0.15) is 0 Å². The summed E-state index contributed by atoms with van der Waals surface area (Å²) in [4.78, 5) is 29.5. The number of aromatic nitrogens is 6. The molecule has 0 saturated carbocycles. The number of carbonyl (C=O) groups excluding carboxylic acids is 2. The molecule has 5 aromatic rings. The first-order valence-electron chi connectivity index (χ1n) is 16.8. The van der Waals surface area contributed by atoms with E-state index in [1.54, 1.807) is 9.36 Å². The molecular formula is C36H40N10O2. The van der Waals surface area contributed by atoms with E-state index in [9.17, 15) is 9.59 Å². The highest BCUT2D eigenvalue weighted by Crippen LogP contribution is 2.25. The quantitative estimate of drug-likeness (QED) is 0.194. The highest BCUT2D eigenvalue weighted by molar-refractivity contribution is 5.91. The van der Waals surface area contributed by atoms with Crippen LogP contribution in [-0.2, 0) is 9.59 Å². The van der Waals surface area contributed by atoms with Gasteiger partial charge >= 0.3 is 0 Å². The molecule has 2 amide bonds. The standard InChI is InChI=1S/C36H40N10O2/c47-35(16-22-43-18-1-2-19-43)37-29-8-12-31(13-9-29)45-25-33(39-41-45)27-6-5-7-28(24-27)34-26-46(42-40-34)32-14-10-30(11-15-32)38-36(48)17-23-44-20-3-4-21-44/h5-15,24-26H,1-4,16-23H2,(H,37,47)(H,38,48). The van der Waals surface area contributed by atoms with E-state index >= 15 is 0 Å². The topological polar surface area (TPSA) is 126 Å². The van der Waals surface area contributed by atoms with Gasteiger partial charge in [0.15, 0.2) is 0 Å². The summed E-state index contributed by atoms with van der Waals surface area (Å²) in [5.41, 5.74) is 6.46. The molecule has 2 fully saturated rings. The van der Waals surface area contributed by atoms with E-state index in [4.69, 9.17) is 0 Å². The fourth-order valence-electron chi connectivity index (χ4n) is 6.26. The summed E-state index contributed by atoms with van der Waals surface area (Å²) in [6.45, 7) is 5.97. The fraction of sp³-hybridized carbons (Fsp3) is 0.333. The first-order valence-corrected chi connectivity index (χ1v) is 16.8. The number of amides is 2. The molecule has 12 heteroatoms. The Morgan fingerprint density at radius 1 is 0.583 bits per heavy atom. The maximum Gasteiger partial charge on any atom is 0.225 e. The summed E-state index contributed by atoms with van der Waals surface area (Å²) >= 11 is 0. The molecule has 2 aliphatic rings. The predicted octanol–water partition coefficient (Wildman–Crippen LogP) is 5.03. The van der Waals surface area contributed by atoms with Crippen molar-refractivity contribution in [3.8, 4) is 33.9 Å². The van der Waals surface area contributed by atoms with Gasteiger partial charge in [0.2, 0.25) is 11.8 Å². The minimum Gasteiger partial charge on any atom is -0.326 e. The molecule has 48 heavy (non-hydrogen) atoms. The van der Waals surface area contributed by atoms with E-state index in [-0.39, 0.29) is 11.8 Å². The first kappa shape index (κ1) is 31.4. The van der Waals surface area contributed by atoms with Crippen molar-refractivity contribution in [2.24, 2.45) is 0 Å². The van der Waals surface area contributed by atoms with Crippen LogP contribution >= 0.6 is 0 Å². The molecular weight excluding hydrogens is 604 g/mol. The summed E-state index contributed by atoms with van der Waals surface area (Å²) in [5, 5.41) is 23.5. The van der Waals surface area contributed by atoms with Crippen LogP contribution in [0.3, 0.4) is 0 Å². The van der Waals surface area contributed by atoms with Crippen molar-refractivity contribution in [1.29, 1.82) is 0 Å². The van der Waals surface area contributed by atoms with Crippen molar-refractivity contribution >= 4 is 23.2 Å². The van der Waals surface area contributed by atoms with Crippen LogP contribution in [-0.4, -0.2) is 90.9 Å². The predicted molar refractivity (Wildman–Crippen MR) is 185 cm³/mol. The zero-order valence-corrected chi connectivity index (χ0v) is 27.0. The summed E-state index contributed by atoms with van der Waals surface area (Å²) in [7, 11) is 0. The van der Waals surface area contributed by atoms with Gasteiger partial charge in [-0.25, -0.2) is 9.36 Å². The second-order valence-electron chi connectivity index (χ2n) is 12.5. The molecule has 0 unspecified atom stereocenters. The Morgan fingerprint density at radius 3 is 1.42 bits per heavy atom. The van der Waals surface area contributed by atoms with Crippen molar-refractivity contribution in [3.05, 3.63) is 85.2 Å². The normalized spacial score (nSPS) is 15.2. The number of hydrogen-bond donors (Lipinski definition) is 2. The molecule has 0 bridgehead atoms. The molecule has 0 spiro atoms. The van der Waals surface area contributed by atoms with Gasteiger partial charge in [0.1, 0.15) is 11.4 Å². The van der Waals surface area contributed by atoms with E-state index in [0.717, 1.165) is 84.5 Å². The Kier molecular flexibility index (Phi) is 9.62. The molecule has 2 aliphatic heterocycles. The molecule has 0 aliphatic carbocycles. The number of benzene rings is 3. The number of hydrogen-bond acceptors (Lipinski definition) is 8. The minimum absolute atomic E-state index is 0.0272. The van der Waals surface area contributed by atoms with E-state index < -0.39 is 0 Å². The van der Waals surface area contributed by atoms with E-state index in [1.807, 2.05) is 85.2 Å². The summed E-state index contributed by atoms with van der Waals surface area (Å²) < 4.78 is 3.44. The lowest BCUT2D eigenvalue weighted by molar-refractivity contribution is -0.117. The van der Waals surface area contributed by atoms with Gasteiger partial charge in [-0.15, -0.1) is 10.2 Å². The van der Waals surface area contributed by atoms with Gasteiger partial charge in [0, 0.05) is 48.4 Å². The second-order valence-corrected chi connectivity index (χ2v) is 12.5. The lowest BCUT2D eigenvalue weighted by Crippen LogP contribution is -2.25. The third-order valence-corrected chi connectivity index (χ3v) is 8.98. The van der Waals surface area contributed by atoms with E-state index in [2.05, 4.69) is 41.1 Å². The monoisotopic (exact) mass is 644 g/mol. The molecule has 2 aromatic heterocycles. The Labute approximate surface area is 279 Å². The van der Waals surface area contributed by atoms with Crippen LogP contribution in [0.25, 0.3) is 33.9 Å². The zero-order valence-electron chi connectivity index (χ0n) is 27.0. The van der Waals surface area contributed by atoms with Crippen LogP contribution in [0.2, 0.25) is 0 Å². The molecule has 246 valence electrons. The average Bonchev–Trinajstić information content (AvgIpc) is 3.96. The summed E-state index contributed by atoms with van der Waals surface area (Å²) in [5.74, 6) is 0.0545. The van der Waals surface area contributed by atoms with Crippen molar-refractivity contribution in [1.82, 2.24) is 39.8 Å². The molecule has 2 saturated heterocycles. The van der Waals surface area contributed by atoms with Crippen LogP contribution in [0, 0.1) is 0 Å². The van der Waals surface area contributed by atoms with Crippen molar-refractivity contribution in [2.45, 2.75) is 38.5 Å². The molecule has 2 N–H and O–H groups in total. The molecule has 0 atom stereocenters. The highest BCUT2D eigenvalue weighted by Gasteiger charge is 2.15. The third-order valence-electron chi connectivity index (χ3n) is 8.98. The van der Waals surface area contributed by atoms with E-state index in [0.29, 0.717) is 12.8 Å². The molecule has 3 aromatic carbocycles. The Morgan fingerprint density at radius 2 is 1.00 bits per heavy atom. The van der Waals surface area contributed by atoms with Gasteiger partial charge in [-0.3, -0.25) is 9.59 Å². The first-order chi connectivity index (χ1) is 23.6. The number of rotatable bonds is 12. The molecule has 12 nitrogen and oxygen atoms in total. The van der Waals surface area contributed by atoms with Crippen molar-refractivity contribution in [2.75, 3.05) is 49.9 Å². The fourth-order valence-corrected chi connectivity index (χ4v) is 6.26. The largest absolute Gasteiger partial charge is 0.326 e. The van der Waals surface area contributed by atoms with E-state index in [1.165, 1.54) is 25.7 Å². The molecule has 0 radical (unpaired) electrons. The van der Waals surface area contributed by atoms with Crippen LogP contribution in [0.4, 0.5) is 11.4 Å². The lowest BCUT2D eigenvalue weighted by Gasteiger charge is -2.14. The van der Waals surface area contributed by atoms with Crippen LogP contribution in [0.1, 0.15) is 38.5 Å². The van der Waals surface area contributed by atoms with Gasteiger partial charge in [-0.1, -0.05) is 28.6 Å². The average molecular weight is 645 g/mol. The van der Waals surface area contributed by atoms with Crippen LogP contribution in [0.15, 0.2) is 85.2 Å². The number of anilines is 2. The van der Waals surface area contributed by atoms with Gasteiger partial charge in [-0.05, 0) is 106 Å². The summed E-state index contributed by atoms with van der Waals surface area (Å²) in [6, 6.07) is 23.2. The smallest absolute Gasteiger partial charge is 0.225 e. The second kappa shape index (κ2) is 14.7. The lowest BCUT2D eigenvalue weighted by atomic mass is 10.1. The third kappa shape index (κ3) is 7.84. The molecule has 7 rings (SSSR count). The molecule has 4 heterocycles. The Hall–Kier alpha value is -5.20. The minimum atomic E-state index is 0.0272. The SMILES string of the molecule is O=C(CCN1CCCC1)Nc1ccc(-n2cc(-c3cccc(-c4cn(-c5ccc(NC(=O)CCN6CCCC6)cc5)nn4)c3)nn2)cc1. The number of nitrogens with zero attached hydrogens (tertiary/aromatic N) is 8.